The minimum atomic E-state index is -0.331. The quantitative estimate of drug-likeness (QED) is 0.789. The van der Waals surface area contributed by atoms with Crippen LogP contribution in [0.4, 0.5) is 0 Å². The zero-order valence-electron chi connectivity index (χ0n) is 14.3. The summed E-state index contributed by atoms with van der Waals surface area (Å²) < 4.78 is 1.81. The highest BCUT2D eigenvalue weighted by Crippen LogP contribution is 2.26. The van der Waals surface area contributed by atoms with E-state index in [0.717, 1.165) is 29.5 Å². The molecule has 6 nitrogen and oxygen atoms in total. The third-order valence-electron chi connectivity index (χ3n) is 4.96. The van der Waals surface area contributed by atoms with Gasteiger partial charge in [-0.2, -0.15) is 5.10 Å². The van der Waals surface area contributed by atoms with E-state index in [1.807, 2.05) is 59.4 Å². The van der Waals surface area contributed by atoms with E-state index in [9.17, 15) is 9.59 Å². The van der Waals surface area contributed by atoms with Gasteiger partial charge in [-0.3, -0.25) is 9.59 Å². The predicted molar refractivity (Wildman–Crippen MR) is 98.4 cm³/mol. The second-order valence-corrected chi connectivity index (χ2v) is 6.66. The van der Waals surface area contributed by atoms with Crippen molar-refractivity contribution in [1.82, 2.24) is 14.5 Å². The van der Waals surface area contributed by atoms with E-state index in [1.54, 1.807) is 4.90 Å². The average Bonchev–Trinajstić information content (AvgIpc) is 3.12. The Morgan fingerprint density at radius 1 is 1.15 bits per heavy atom. The fourth-order valence-corrected chi connectivity index (χ4v) is 3.55. The minimum Gasteiger partial charge on any atom is -0.369 e. The number of hydrogen-bond acceptors (Lipinski definition) is 3. The molecule has 0 saturated carbocycles. The first kappa shape index (κ1) is 16.3. The van der Waals surface area contributed by atoms with E-state index in [-0.39, 0.29) is 17.7 Å². The molecule has 3 heterocycles. The molecular formula is C20H20N4O2. The van der Waals surface area contributed by atoms with Crippen LogP contribution >= 0.6 is 0 Å². The molecule has 0 aliphatic carbocycles. The summed E-state index contributed by atoms with van der Waals surface area (Å²) in [5, 5.41) is 4.36. The summed E-state index contributed by atoms with van der Waals surface area (Å²) in [5.41, 5.74) is 8.95. The van der Waals surface area contributed by atoms with Gasteiger partial charge in [0.25, 0.3) is 5.91 Å². The van der Waals surface area contributed by atoms with Gasteiger partial charge >= 0.3 is 0 Å². The van der Waals surface area contributed by atoms with Crippen molar-refractivity contribution >= 4 is 17.3 Å². The fraction of sp³-hybridized carbons (Fsp3) is 0.250. The lowest BCUT2D eigenvalue weighted by Gasteiger charge is -2.31. The van der Waals surface area contributed by atoms with Gasteiger partial charge in [-0.15, -0.1) is 0 Å². The van der Waals surface area contributed by atoms with Gasteiger partial charge in [0.2, 0.25) is 5.91 Å². The van der Waals surface area contributed by atoms with Crippen molar-refractivity contribution in [2.24, 2.45) is 11.7 Å². The maximum absolute atomic E-state index is 12.9. The van der Waals surface area contributed by atoms with Crippen LogP contribution in [0.2, 0.25) is 0 Å². The molecule has 26 heavy (non-hydrogen) atoms. The molecule has 2 N–H and O–H groups in total. The van der Waals surface area contributed by atoms with Crippen LogP contribution in [0, 0.1) is 5.92 Å². The predicted octanol–water partition coefficient (Wildman–Crippen LogP) is 2.34. The lowest BCUT2D eigenvalue weighted by atomic mass is 9.96. The second kappa shape index (κ2) is 6.63. The molecule has 0 bridgehead atoms. The Hall–Kier alpha value is -3.15. The molecule has 1 atom stereocenters. The second-order valence-electron chi connectivity index (χ2n) is 6.66. The number of piperidine rings is 1. The van der Waals surface area contributed by atoms with Crippen LogP contribution in [0.15, 0.2) is 54.9 Å². The smallest absolute Gasteiger partial charge is 0.253 e. The number of primary amides is 1. The Morgan fingerprint density at radius 3 is 2.88 bits per heavy atom. The average molecular weight is 348 g/mol. The topological polar surface area (TPSA) is 80.7 Å². The molecule has 3 aromatic rings. The molecular weight excluding hydrogens is 328 g/mol. The number of rotatable bonds is 3. The Labute approximate surface area is 151 Å². The van der Waals surface area contributed by atoms with Crippen molar-refractivity contribution in [3.8, 4) is 11.1 Å². The number of carbonyl (C=O) groups is 2. The molecule has 6 heteroatoms. The number of hydrogen-bond donors (Lipinski definition) is 1. The normalized spacial score (nSPS) is 17.4. The number of carbonyl (C=O) groups excluding carboxylic acids is 2. The van der Waals surface area contributed by atoms with Gasteiger partial charge in [0, 0.05) is 30.4 Å². The van der Waals surface area contributed by atoms with Crippen LogP contribution < -0.4 is 5.73 Å². The largest absolute Gasteiger partial charge is 0.369 e. The molecule has 4 rings (SSSR count). The van der Waals surface area contributed by atoms with Gasteiger partial charge in [0.15, 0.2) is 0 Å². The zero-order chi connectivity index (χ0) is 18.1. The van der Waals surface area contributed by atoms with Gasteiger partial charge in [-0.05, 0) is 42.7 Å². The van der Waals surface area contributed by atoms with Crippen LogP contribution in [0.3, 0.4) is 0 Å². The fourth-order valence-electron chi connectivity index (χ4n) is 3.55. The van der Waals surface area contributed by atoms with Crippen LogP contribution in [0.25, 0.3) is 16.6 Å². The summed E-state index contributed by atoms with van der Waals surface area (Å²) in [6.45, 7) is 1.05. The number of nitrogens with two attached hydrogens (primary N) is 1. The number of likely N-dealkylation sites (tertiary alicyclic amines) is 1. The lowest BCUT2D eigenvalue weighted by Crippen LogP contribution is -2.44. The summed E-state index contributed by atoms with van der Waals surface area (Å²) in [6.07, 6.45) is 5.25. The van der Waals surface area contributed by atoms with E-state index in [2.05, 4.69) is 5.10 Å². The first-order valence-corrected chi connectivity index (χ1v) is 8.75. The number of fused-ring (bicyclic) bond motifs is 1. The summed E-state index contributed by atoms with van der Waals surface area (Å²) >= 11 is 0. The molecule has 1 aromatic carbocycles. The van der Waals surface area contributed by atoms with E-state index >= 15 is 0 Å². The number of pyridine rings is 1. The van der Waals surface area contributed by atoms with Gasteiger partial charge in [0.05, 0.1) is 17.6 Å². The third kappa shape index (κ3) is 2.94. The van der Waals surface area contributed by atoms with Crippen molar-refractivity contribution in [2.45, 2.75) is 12.8 Å². The van der Waals surface area contributed by atoms with E-state index < -0.39 is 0 Å². The van der Waals surface area contributed by atoms with Crippen LogP contribution in [-0.4, -0.2) is 39.4 Å². The molecule has 0 unspecified atom stereocenters. The Balaban J connectivity index is 1.63. The van der Waals surface area contributed by atoms with Crippen molar-refractivity contribution in [2.75, 3.05) is 13.1 Å². The highest BCUT2D eigenvalue weighted by Gasteiger charge is 2.27. The first-order chi connectivity index (χ1) is 12.6. The molecule has 2 aromatic heterocycles. The molecule has 1 saturated heterocycles. The maximum Gasteiger partial charge on any atom is 0.253 e. The SMILES string of the molecule is NC(=O)[C@@H]1CCCN(C(=O)c2cccc(-c3cnn4ccccc34)c2)C1. The van der Waals surface area contributed by atoms with Crippen LogP contribution in [-0.2, 0) is 4.79 Å². The minimum absolute atomic E-state index is 0.0609. The number of benzene rings is 1. The number of aromatic nitrogens is 2. The van der Waals surface area contributed by atoms with Gasteiger partial charge in [0.1, 0.15) is 0 Å². The zero-order valence-corrected chi connectivity index (χ0v) is 14.3. The molecule has 1 aliphatic heterocycles. The summed E-state index contributed by atoms with van der Waals surface area (Å²) in [6, 6.07) is 13.4. The molecule has 0 radical (unpaired) electrons. The Kier molecular flexibility index (Phi) is 4.16. The third-order valence-corrected chi connectivity index (χ3v) is 4.96. The van der Waals surface area contributed by atoms with Gasteiger partial charge < -0.3 is 10.6 Å². The van der Waals surface area contributed by atoms with Crippen LogP contribution in [0.5, 0.6) is 0 Å². The molecule has 2 amide bonds. The van der Waals surface area contributed by atoms with E-state index in [0.29, 0.717) is 18.7 Å². The van der Waals surface area contributed by atoms with E-state index in [1.165, 1.54) is 0 Å². The summed E-state index contributed by atoms with van der Waals surface area (Å²) in [5.74, 6) is -0.646. The van der Waals surface area contributed by atoms with Gasteiger partial charge in [-0.1, -0.05) is 18.2 Å². The van der Waals surface area contributed by atoms with Crippen molar-refractivity contribution < 1.29 is 9.59 Å². The monoisotopic (exact) mass is 348 g/mol. The first-order valence-electron chi connectivity index (χ1n) is 8.75. The van der Waals surface area contributed by atoms with Crippen molar-refractivity contribution in [3.05, 3.63) is 60.4 Å². The van der Waals surface area contributed by atoms with Crippen molar-refractivity contribution in [3.63, 3.8) is 0 Å². The lowest BCUT2D eigenvalue weighted by molar-refractivity contribution is -0.123. The van der Waals surface area contributed by atoms with Crippen molar-refractivity contribution in [1.29, 1.82) is 0 Å². The highest BCUT2D eigenvalue weighted by molar-refractivity contribution is 5.96. The number of amides is 2. The molecule has 0 spiro atoms. The molecule has 1 fully saturated rings. The molecule has 1 aliphatic rings. The summed E-state index contributed by atoms with van der Waals surface area (Å²) in [4.78, 5) is 26.1. The number of nitrogens with zero attached hydrogens (tertiary/aromatic N) is 3. The maximum atomic E-state index is 12.9. The Bertz CT molecular complexity index is 979. The Morgan fingerprint density at radius 2 is 2.04 bits per heavy atom. The van der Waals surface area contributed by atoms with Gasteiger partial charge in [-0.25, -0.2) is 4.52 Å². The highest BCUT2D eigenvalue weighted by atomic mass is 16.2. The molecule has 132 valence electrons. The standard InChI is InChI=1S/C20H20N4O2/c21-19(25)16-7-4-9-23(13-16)20(26)15-6-3-5-14(11-15)17-12-22-24-10-2-1-8-18(17)24/h1-3,5-6,8,10-12,16H,4,7,9,13H2,(H2,21,25)/t16-/m1/s1. The van der Waals surface area contributed by atoms with E-state index in [4.69, 9.17) is 5.73 Å². The summed E-state index contributed by atoms with van der Waals surface area (Å²) in [7, 11) is 0. The van der Waals surface area contributed by atoms with Crippen LogP contribution in [0.1, 0.15) is 23.2 Å².